The molecule has 0 bridgehead atoms. The molecule has 0 heterocycles. The molecule has 0 aromatic rings. The summed E-state index contributed by atoms with van der Waals surface area (Å²) < 4.78 is 0. The van der Waals surface area contributed by atoms with Gasteiger partial charge < -0.3 is 59.4 Å². The summed E-state index contributed by atoms with van der Waals surface area (Å²) in [5.41, 5.74) is 14.4. The normalized spacial score (nSPS) is 32.2. The van der Waals surface area contributed by atoms with Gasteiger partial charge in [-0.25, -0.2) is 0 Å². The average Bonchev–Trinajstić information content (AvgIpc) is 1.61. The first-order valence-corrected chi connectivity index (χ1v) is 80.6. The zero-order chi connectivity index (χ0) is 102. The van der Waals surface area contributed by atoms with Crippen LogP contribution >= 0.6 is 68.1 Å². The fraction of sp³-hybridized carbons (Fsp3) is 0.672. The van der Waals surface area contributed by atoms with E-state index in [9.17, 15) is 0 Å². The summed E-state index contributed by atoms with van der Waals surface area (Å²) in [5.74, 6) is 22.3. The molecule has 0 aromatic heterocycles. The quantitative estimate of drug-likeness (QED) is 0.0749. The topological polar surface area (TPSA) is 0 Å². The van der Waals surface area contributed by atoms with Crippen molar-refractivity contribution >= 4 is 68.1 Å². The van der Waals surface area contributed by atoms with Crippen molar-refractivity contribution in [1.29, 1.82) is 0 Å². The van der Waals surface area contributed by atoms with Gasteiger partial charge in [0.2, 0.25) is 0 Å². The molecule has 0 saturated heterocycles. The molecule has 8 fully saturated rings. The molecule has 0 radical (unpaired) electrons. The van der Waals surface area contributed by atoms with E-state index in [-0.39, 0.29) is 103 Å². The number of rotatable bonds is 22. The van der Waals surface area contributed by atoms with Gasteiger partial charge in [-0.3, -0.25) is 0 Å². The molecule has 0 aromatic carbocycles. The molecule has 0 amide bonds. The minimum absolute atomic E-state index is 0. The van der Waals surface area contributed by atoms with Crippen LogP contribution in [0.4, 0.5) is 0 Å². The number of allylic oxidation sites excluding steroid dienone is 34. The van der Waals surface area contributed by atoms with E-state index in [0.29, 0.717) is 71.0 Å². The second kappa shape index (κ2) is 66.5. The Morgan fingerprint density at radius 2 is 0.390 bits per heavy atom. The second-order valence-corrected chi connectivity index (χ2v) is 68.8. The molecule has 8 saturated carbocycles. The molecule has 824 valence electrons. The van der Waals surface area contributed by atoms with E-state index < -0.39 is 83.4 Å². The van der Waals surface area contributed by atoms with E-state index in [1.54, 1.807) is 44.6 Å². The molecule has 0 nitrogen and oxygen atoms in total. The van der Waals surface area contributed by atoms with E-state index in [0.717, 1.165) is 94.7 Å². The van der Waals surface area contributed by atoms with Crippen molar-refractivity contribution in [3.05, 3.63) is 275 Å². The summed E-state index contributed by atoms with van der Waals surface area (Å²) in [4.78, 5) is 0. The molecule has 16 aliphatic rings. The zero-order valence-electron chi connectivity index (χ0n) is 99.4. The Labute approximate surface area is 983 Å². The van der Waals surface area contributed by atoms with Gasteiger partial charge in [-0.1, -0.05) is 441 Å². The van der Waals surface area contributed by atoms with Crippen molar-refractivity contribution in [3.8, 4) is 0 Å². The van der Waals surface area contributed by atoms with Crippen molar-refractivity contribution in [1.82, 2.24) is 0 Å². The Kier molecular flexibility index (Phi) is 66.2. The van der Waals surface area contributed by atoms with Gasteiger partial charge in [0.15, 0.2) is 0 Å². The Hall–Kier alpha value is 1.17. The Bertz CT molecular complexity index is 4130. The summed E-state index contributed by atoms with van der Waals surface area (Å²) in [6, 6.07) is 0. The van der Waals surface area contributed by atoms with Gasteiger partial charge in [0, 0.05) is 0 Å². The van der Waals surface area contributed by atoms with Crippen LogP contribution in [0.1, 0.15) is 360 Å². The van der Waals surface area contributed by atoms with Crippen LogP contribution in [-0.2, 0) is 83.4 Å². The molecule has 146 heavy (non-hydrogen) atoms. The van der Waals surface area contributed by atoms with E-state index in [1.165, 1.54) is 180 Å². The molecule has 24 atom stereocenters. The molecule has 0 spiro atoms. The molecule has 0 N–H and O–H groups in total. The first-order valence-electron chi connectivity index (χ1n) is 55.3. The number of hydrogen-bond acceptors (Lipinski definition) is 0. The Balaban J connectivity index is 0.000000921. The maximum atomic E-state index is 4.93. The van der Waals surface area contributed by atoms with E-state index >= 15 is 0 Å². The van der Waals surface area contributed by atoms with Gasteiger partial charge in [0.25, 0.3) is 0 Å². The van der Waals surface area contributed by atoms with Crippen LogP contribution in [-0.4, -0.2) is 0 Å². The van der Waals surface area contributed by atoms with Crippen LogP contribution in [0.3, 0.4) is 0 Å². The van der Waals surface area contributed by atoms with Crippen LogP contribution < -0.4 is 0 Å². The standard InChI is InChI=1S/C32H50.C32H48.C31H48.C31H46.8CH3.8ClH.4Zr/c2*1-8-9-10-22-11-12-23(19-22)13-16-28-29-20-24(31(2,3)4)14-17-26(29)27-18-15-25(21-30(27)28)32(5,6)7;2*1-8-9-21-10-11-22(18-21)12-15-27-28-19-23(30(2,3)4)13-16-25(28)26-17-14-24(20-29(26)27)31(5,6)7;;;;;;;;;;;;;;;;;;;;/h14-15,17-18,20-23,26-30H,8-13,16,19H2,1-7H3;8,14-15,17-18,20-23,26-30H,1,9-13,16,19H2,2-7H3;13-14,16-17,19-22,25-29H,8-12,15,18H2,1-7H3;8,13-14,16-17,19-22,25-29H,1,9-12,15,18H2,2-7H3;8*1H3;8*1H;;;;/q;;;;8*-1;;;;;;;;;4*+4/p-8. The monoisotopic (exact) mass is 2470 g/mol. The SMILES string of the molecule is C=CCC1CCC(CCC2C3C=C(C(C)(C)C)C=CC3C3C=CC(C(C)(C)C)=CC32)C1.C=CCCC1CCC(CCC2C3C=C(C(C)(C)C)C=CC3C3C=CC(C(C)(C)C)=CC32)C1.CCCC1CCC(CCC2C3C=C(C(C)(C)C)C=CC3C3C=CC(C(C)(C)C)=CC32)C1.CCCCC1CCC(CCC2C3C=C(C(C)(C)C)C=CC3C3C=CC(C(C)(C)C)=CC32)C1.[CH3-].[CH3-].[CH3-].[CH3-].[CH3-].[CH3-].[CH3-].[CH3-].[Cl][Zr+2][Cl].[Cl][Zr+2][Cl].[Cl][Zr+2][Cl].[Cl][Zr+2][Cl]. The van der Waals surface area contributed by atoms with Gasteiger partial charge in [0.05, 0.1) is 0 Å². The molecular formula is C134H216Cl8Zr4. The Morgan fingerprint density at radius 1 is 0.226 bits per heavy atom. The summed E-state index contributed by atoms with van der Waals surface area (Å²) >= 11 is -3.30. The van der Waals surface area contributed by atoms with Crippen LogP contribution in [0, 0.1) is 268 Å². The second-order valence-electron chi connectivity index (χ2n) is 53.8. The van der Waals surface area contributed by atoms with Gasteiger partial charge >= 0.3 is 151 Å². The first-order chi connectivity index (χ1) is 65.0. The van der Waals surface area contributed by atoms with Crippen LogP contribution in [0.5, 0.6) is 0 Å². The first kappa shape index (κ1) is 145. The van der Waals surface area contributed by atoms with E-state index in [1.807, 2.05) is 0 Å². The van der Waals surface area contributed by atoms with Crippen LogP contribution in [0.15, 0.2) is 216 Å². The van der Waals surface area contributed by atoms with Crippen LogP contribution in [0.2, 0.25) is 0 Å². The van der Waals surface area contributed by atoms with Crippen molar-refractivity contribution < 1.29 is 83.4 Å². The van der Waals surface area contributed by atoms with Gasteiger partial charge in [-0.2, -0.15) is 0 Å². The average molecular weight is 2480 g/mol. The van der Waals surface area contributed by atoms with Crippen LogP contribution in [0.25, 0.3) is 0 Å². The van der Waals surface area contributed by atoms with Crippen molar-refractivity contribution in [3.63, 3.8) is 0 Å². The van der Waals surface area contributed by atoms with Gasteiger partial charge in [-0.15, -0.1) is 13.2 Å². The predicted octanol–water partition coefficient (Wildman–Crippen LogP) is 46.1. The van der Waals surface area contributed by atoms with Crippen molar-refractivity contribution in [2.45, 2.75) is 360 Å². The van der Waals surface area contributed by atoms with E-state index in [2.05, 4.69) is 351 Å². The molecule has 24 unspecified atom stereocenters. The number of fused-ring (bicyclic) bond motifs is 12. The number of halogens is 8. The number of hydrogen-bond donors (Lipinski definition) is 0. The maximum absolute atomic E-state index is 4.93. The Morgan fingerprint density at radius 3 is 0.555 bits per heavy atom. The number of unbranched alkanes of at least 4 members (excludes halogenated alkanes) is 1. The fourth-order valence-electron chi connectivity index (χ4n) is 28.6. The molecular weight excluding hydrogens is 2260 g/mol. The summed E-state index contributed by atoms with van der Waals surface area (Å²) in [6.07, 6.45) is 106. The van der Waals surface area contributed by atoms with Crippen molar-refractivity contribution in [2.24, 2.45) is 209 Å². The van der Waals surface area contributed by atoms with Gasteiger partial charge in [-0.05, 0) is 331 Å². The molecule has 16 rings (SSSR count). The van der Waals surface area contributed by atoms with E-state index in [4.69, 9.17) is 68.1 Å². The van der Waals surface area contributed by atoms with Crippen molar-refractivity contribution in [2.75, 3.05) is 0 Å². The molecule has 0 aliphatic heterocycles. The summed E-state index contributed by atoms with van der Waals surface area (Å²) in [7, 11) is 39.5. The van der Waals surface area contributed by atoms with Gasteiger partial charge in [0.1, 0.15) is 0 Å². The third-order valence-corrected chi connectivity index (χ3v) is 36.4. The molecule has 16 aliphatic carbocycles. The zero-order valence-corrected chi connectivity index (χ0v) is 115. The minimum atomic E-state index is -0.826. The summed E-state index contributed by atoms with van der Waals surface area (Å²) in [5, 5.41) is 0. The summed E-state index contributed by atoms with van der Waals surface area (Å²) in [6.45, 7) is 69.7. The third-order valence-electron chi connectivity index (χ3n) is 36.4. The fourth-order valence-corrected chi connectivity index (χ4v) is 28.6. The third kappa shape index (κ3) is 41.0. The molecule has 12 heteroatoms. The predicted molar refractivity (Wildman–Crippen MR) is 650 cm³/mol.